The number of amides is 1. The van der Waals surface area contributed by atoms with Crippen molar-refractivity contribution in [2.75, 3.05) is 25.3 Å². The number of anilines is 1. The lowest BCUT2D eigenvalue weighted by Gasteiger charge is -2.11. The highest BCUT2D eigenvalue weighted by Gasteiger charge is 2.13. The molecule has 0 aliphatic rings. The van der Waals surface area contributed by atoms with Gasteiger partial charge in [0, 0.05) is 17.1 Å². The lowest BCUT2D eigenvalue weighted by Crippen LogP contribution is -2.14. The van der Waals surface area contributed by atoms with Crippen LogP contribution in [0.4, 0.5) is 5.69 Å². The molecule has 0 unspecified atom stereocenters. The average Bonchev–Trinajstić information content (AvgIpc) is 2.76. The van der Waals surface area contributed by atoms with Gasteiger partial charge in [-0.15, -0.1) is 0 Å². The highest BCUT2D eigenvalue weighted by atomic mass is 32.2. The van der Waals surface area contributed by atoms with E-state index >= 15 is 0 Å². The van der Waals surface area contributed by atoms with E-state index < -0.39 is 0 Å². The highest BCUT2D eigenvalue weighted by Crippen LogP contribution is 2.33. The summed E-state index contributed by atoms with van der Waals surface area (Å²) in [5.74, 6) is 1.55. The first kappa shape index (κ1) is 21.5. The van der Waals surface area contributed by atoms with Gasteiger partial charge < -0.3 is 14.8 Å². The second-order valence-electron chi connectivity index (χ2n) is 6.97. The molecule has 30 heavy (non-hydrogen) atoms. The molecule has 3 rings (SSSR count). The van der Waals surface area contributed by atoms with Gasteiger partial charge in [-0.3, -0.25) is 4.79 Å². The number of nitrogens with one attached hydrogen (secondary N) is 1. The number of hydrogen-bond acceptors (Lipinski definition) is 6. The van der Waals surface area contributed by atoms with Gasteiger partial charge in [0.2, 0.25) is 5.91 Å². The van der Waals surface area contributed by atoms with Crippen molar-refractivity contribution in [1.82, 2.24) is 4.98 Å². The molecule has 6 nitrogen and oxygen atoms in total. The third-order valence-corrected chi connectivity index (χ3v) is 5.60. The standard InChI is InChI=1S/C23H23N3O3S/c1-14(2)15-5-7-18(8-6-15)25-22(27)13-30-23-17(12-24)9-16-10-20(28-3)21(29-4)11-19(16)26-23/h5-11,14H,13H2,1-4H3,(H,25,27). The summed E-state index contributed by atoms with van der Waals surface area (Å²) in [6.45, 7) is 4.25. The number of benzene rings is 2. The summed E-state index contributed by atoms with van der Waals surface area (Å²) in [6.07, 6.45) is 0. The van der Waals surface area contributed by atoms with E-state index in [0.717, 1.165) is 11.1 Å². The quantitative estimate of drug-likeness (QED) is 0.542. The first-order valence-electron chi connectivity index (χ1n) is 9.44. The van der Waals surface area contributed by atoms with Gasteiger partial charge in [-0.25, -0.2) is 4.98 Å². The van der Waals surface area contributed by atoms with Crippen LogP contribution in [0.2, 0.25) is 0 Å². The second kappa shape index (κ2) is 9.51. The van der Waals surface area contributed by atoms with Gasteiger partial charge >= 0.3 is 0 Å². The summed E-state index contributed by atoms with van der Waals surface area (Å²) in [6, 6.07) is 15.2. The number of ether oxygens (including phenoxy) is 2. The minimum atomic E-state index is -0.157. The van der Waals surface area contributed by atoms with Crippen LogP contribution in [0.3, 0.4) is 0 Å². The van der Waals surface area contributed by atoms with Crippen molar-refractivity contribution in [3.8, 4) is 17.6 Å². The van der Waals surface area contributed by atoms with Gasteiger partial charge in [0.1, 0.15) is 11.1 Å². The topological polar surface area (TPSA) is 84.2 Å². The number of aromatic nitrogens is 1. The Bertz CT molecular complexity index is 1110. The maximum atomic E-state index is 12.4. The maximum Gasteiger partial charge on any atom is 0.234 e. The minimum absolute atomic E-state index is 0.145. The molecule has 0 saturated heterocycles. The molecule has 0 aliphatic heterocycles. The van der Waals surface area contributed by atoms with Crippen LogP contribution in [0.1, 0.15) is 30.9 Å². The van der Waals surface area contributed by atoms with Crippen molar-refractivity contribution in [2.24, 2.45) is 0 Å². The van der Waals surface area contributed by atoms with Crippen LogP contribution >= 0.6 is 11.8 Å². The van der Waals surface area contributed by atoms with Crippen LogP contribution in [0.5, 0.6) is 11.5 Å². The number of rotatable bonds is 7. The van der Waals surface area contributed by atoms with Crippen LogP contribution in [-0.2, 0) is 4.79 Å². The molecule has 2 aromatic carbocycles. The van der Waals surface area contributed by atoms with E-state index in [1.54, 1.807) is 32.4 Å². The van der Waals surface area contributed by atoms with E-state index in [1.165, 1.54) is 17.3 Å². The number of pyridine rings is 1. The Morgan fingerprint density at radius 1 is 1.13 bits per heavy atom. The van der Waals surface area contributed by atoms with E-state index in [1.807, 2.05) is 24.3 Å². The Kier molecular flexibility index (Phi) is 6.80. The van der Waals surface area contributed by atoms with Crippen molar-refractivity contribution in [1.29, 1.82) is 5.26 Å². The predicted octanol–water partition coefficient (Wildman–Crippen LogP) is 4.98. The van der Waals surface area contributed by atoms with Gasteiger partial charge in [0.25, 0.3) is 0 Å². The van der Waals surface area contributed by atoms with Crippen LogP contribution in [0.25, 0.3) is 10.9 Å². The molecule has 0 radical (unpaired) electrons. The molecule has 0 bridgehead atoms. The lowest BCUT2D eigenvalue weighted by atomic mass is 10.0. The van der Waals surface area contributed by atoms with Gasteiger partial charge in [0.15, 0.2) is 11.5 Å². The Labute approximate surface area is 180 Å². The Balaban J connectivity index is 1.75. The minimum Gasteiger partial charge on any atom is -0.493 e. The molecule has 7 heteroatoms. The number of carbonyl (C=O) groups is 1. The molecule has 0 atom stereocenters. The van der Waals surface area contributed by atoms with Gasteiger partial charge in [-0.2, -0.15) is 5.26 Å². The average molecular weight is 422 g/mol. The summed E-state index contributed by atoms with van der Waals surface area (Å²) >= 11 is 1.23. The zero-order chi connectivity index (χ0) is 21.7. The second-order valence-corrected chi connectivity index (χ2v) is 7.93. The van der Waals surface area contributed by atoms with Gasteiger partial charge in [0.05, 0.1) is 31.1 Å². The van der Waals surface area contributed by atoms with Crippen LogP contribution in [0.15, 0.2) is 47.5 Å². The van der Waals surface area contributed by atoms with Crippen LogP contribution in [0, 0.1) is 11.3 Å². The van der Waals surface area contributed by atoms with Crippen LogP contribution < -0.4 is 14.8 Å². The first-order valence-corrected chi connectivity index (χ1v) is 10.4. The smallest absolute Gasteiger partial charge is 0.234 e. The number of nitriles is 1. The first-order chi connectivity index (χ1) is 14.4. The van der Waals surface area contributed by atoms with E-state index in [-0.39, 0.29) is 11.7 Å². The van der Waals surface area contributed by atoms with Crippen LogP contribution in [-0.4, -0.2) is 30.9 Å². The third kappa shape index (κ3) is 4.84. The molecule has 1 amide bonds. The number of carbonyl (C=O) groups excluding carboxylic acids is 1. The molecule has 0 aliphatic carbocycles. The largest absolute Gasteiger partial charge is 0.493 e. The third-order valence-electron chi connectivity index (χ3n) is 4.61. The normalized spacial score (nSPS) is 10.7. The van der Waals surface area contributed by atoms with E-state index in [4.69, 9.17) is 9.47 Å². The fourth-order valence-corrected chi connectivity index (χ4v) is 3.72. The summed E-state index contributed by atoms with van der Waals surface area (Å²) in [5.41, 5.74) is 3.04. The molecule has 1 N–H and O–H groups in total. The monoisotopic (exact) mass is 421 g/mol. The molecule has 1 aromatic heterocycles. The van der Waals surface area contributed by atoms with Crippen molar-refractivity contribution in [2.45, 2.75) is 24.8 Å². The van der Waals surface area contributed by atoms with Crippen molar-refractivity contribution in [3.63, 3.8) is 0 Å². The summed E-state index contributed by atoms with van der Waals surface area (Å²) in [5, 5.41) is 13.7. The van der Waals surface area contributed by atoms with E-state index in [9.17, 15) is 10.1 Å². The fourth-order valence-electron chi connectivity index (χ4n) is 2.96. The predicted molar refractivity (Wildman–Crippen MR) is 119 cm³/mol. The summed E-state index contributed by atoms with van der Waals surface area (Å²) in [4.78, 5) is 16.9. The number of methoxy groups -OCH3 is 2. The van der Waals surface area contributed by atoms with Gasteiger partial charge in [-0.1, -0.05) is 37.7 Å². The van der Waals surface area contributed by atoms with Crippen molar-refractivity contribution < 1.29 is 14.3 Å². The molecule has 1 heterocycles. The van der Waals surface area contributed by atoms with Crippen molar-refractivity contribution in [3.05, 3.63) is 53.6 Å². The molecule has 3 aromatic rings. The number of nitrogens with zero attached hydrogens (tertiary/aromatic N) is 2. The molecular weight excluding hydrogens is 398 g/mol. The van der Waals surface area contributed by atoms with E-state index in [0.29, 0.717) is 33.5 Å². The Morgan fingerprint density at radius 3 is 2.40 bits per heavy atom. The molecule has 0 fully saturated rings. The molecule has 0 spiro atoms. The van der Waals surface area contributed by atoms with Crippen molar-refractivity contribution >= 4 is 34.3 Å². The number of hydrogen-bond donors (Lipinski definition) is 1. The Hall–Kier alpha value is -3.24. The fraction of sp³-hybridized carbons (Fsp3) is 0.261. The molecule has 154 valence electrons. The highest BCUT2D eigenvalue weighted by molar-refractivity contribution is 8.00. The number of thioether (sulfide) groups is 1. The molecular formula is C23H23N3O3S. The lowest BCUT2D eigenvalue weighted by molar-refractivity contribution is -0.113. The zero-order valence-electron chi connectivity index (χ0n) is 17.4. The van der Waals surface area contributed by atoms with Gasteiger partial charge in [-0.05, 0) is 35.7 Å². The van der Waals surface area contributed by atoms with E-state index in [2.05, 4.69) is 30.2 Å². The maximum absolute atomic E-state index is 12.4. The summed E-state index contributed by atoms with van der Waals surface area (Å²) in [7, 11) is 3.11. The number of fused-ring (bicyclic) bond motifs is 1. The molecule has 0 saturated carbocycles. The Morgan fingerprint density at radius 2 is 1.80 bits per heavy atom. The zero-order valence-corrected chi connectivity index (χ0v) is 18.2. The summed E-state index contributed by atoms with van der Waals surface area (Å²) < 4.78 is 10.6. The SMILES string of the molecule is COc1cc2cc(C#N)c(SCC(=O)Nc3ccc(C(C)C)cc3)nc2cc1OC.